The van der Waals surface area contributed by atoms with E-state index >= 15 is 0 Å². The number of nitrogens with zero attached hydrogens (tertiary/aromatic N) is 5. The van der Waals surface area contributed by atoms with Gasteiger partial charge in [0, 0.05) is 25.4 Å². The Morgan fingerprint density at radius 1 is 1.30 bits per heavy atom. The van der Waals surface area contributed by atoms with E-state index < -0.39 is 12.6 Å². The van der Waals surface area contributed by atoms with E-state index in [0.717, 1.165) is 31.4 Å². The highest BCUT2D eigenvalue weighted by Crippen LogP contribution is 2.32. The first-order valence-electron chi connectivity index (χ1n) is 7.51. The number of piperidine rings is 1. The van der Waals surface area contributed by atoms with Gasteiger partial charge in [0.2, 0.25) is 11.8 Å². The third-order valence-corrected chi connectivity index (χ3v) is 3.88. The van der Waals surface area contributed by atoms with Crippen molar-refractivity contribution in [3.63, 3.8) is 0 Å². The highest BCUT2D eigenvalue weighted by atomic mass is 19.4. The molecule has 1 aliphatic rings. The molecule has 126 valence electrons. The smallest absolute Gasteiger partial charge is 0.397 e. The molecule has 0 amide bonds. The van der Waals surface area contributed by atoms with Gasteiger partial charge in [0.25, 0.3) is 0 Å². The Morgan fingerprint density at radius 2 is 2.13 bits per heavy atom. The number of aromatic nitrogens is 4. The van der Waals surface area contributed by atoms with Crippen LogP contribution in [0.15, 0.2) is 16.8 Å². The average molecular weight is 329 g/mol. The number of alkyl halides is 3. The molecule has 0 N–H and O–H groups in total. The number of hydrogen-bond acceptors (Lipinski definition) is 5. The molecule has 0 spiro atoms. The summed E-state index contributed by atoms with van der Waals surface area (Å²) in [6.45, 7) is 1.51. The molecule has 9 heteroatoms. The molecule has 6 nitrogen and oxygen atoms in total. The van der Waals surface area contributed by atoms with E-state index in [2.05, 4.69) is 20.2 Å². The molecule has 0 unspecified atom stereocenters. The molecule has 0 radical (unpaired) electrons. The van der Waals surface area contributed by atoms with Crippen LogP contribution >= 0.6 is 0 Å². The van der Waals surface area contributed by atoms with E-state index in [1.54, 1.807) is 10.9 Å². The standard InChI is InChI=1S/C14H18F3N5O/c1-21-8-10(7-18-21)9-22-5-3-2-4-11(22)13-20-19-12(23-13)6-14(15,16)17/h7-8,11H,2-6,9H2,1H3/t11-/m1/s1. The summed E-state index contributed by atoms with van der Waals surface area (Å²) in [5.74, 6) is -0.104. The lowest BCUT2D eigenvalue weighted by atomic mass is 10.0. The normalized spacial score (nSPS) is 20.1. The fraction of sp³-hybridized carbons (Fsp3) is 0.643. The molecule has 0 saturated carbocycles. The van der Waals surface area contributed by atoms with Gasteiger partial charge in [-0.25, -0.2) is 0 Å². The Kier molecular flexibility index (Phi) is 4.38. The van der Waals surface area contributed by atoms with Crippen LogP contribution < -0.4 is 0 Å². The van der Waals surface area contributed by atoms with Crippen LogP contribution in [0.3, 0.4) is 0 Å². The molecule has 1 saturated heterocycles. The van der Waals surface area contributed by atoms with Crippen molar-refractivity contribution < 1.29 is 17.6 Å². The molecular formula is C14H18F3N5O. The predicted molar refractivity (Wildman–Crippen MR) is 74.3 cm³/mol. The Morgan fingerprint density at radius 3 is 2.83 bits per heavy atom. The lowest BCUT2D eigenvalue weighted by Crippen LogP contribution is -2.33. The summed E-state index contributed by atoms with van der Waals surface area (Å²) in [6.07, 6.45) is 1.02. The number of rotatable bonds is 4. The molecule has 2 aromatic rings. The second-order valence-electron chi connectivity index (χ2n) is 5.83. The molecule has 1 aliphatic heterocycles. The maximum absolute atomic E-state index is 12.4. The molecule has 0 aliphatic carbocycles. The zero-order valence-corrected chi connectivity index (χ0v) is 12.8. The van der Waals surface area contributed by atoms with Gasteiger partial charge in [0.05, 0.1) is 12.2 Å². The Labute approximate surface area is 131 Å². The molecule has 1 atom stereocenters. The van der Waals surface area contributed by atoms with Crippen molar-refractivity contribution >= 4 is 0 Å². The zero-order chi connectivity index (χ0) is 16.4. The summed E-state index contributed by atoms with van der Waals surface area (Å²) in [5.41, 5.74) is 1.05. The largest absolute Gasteiger partial charge is 0.423 e. The van der Waals surface area contributed by atoms with E-state index in [1.807, 2.05) is 13.2 Å². The minimum atomic E-state index is -4.34. The SMILES string of the molecule is Cn1cc(CN2CCCC[C@@H]2c2nnc(CC(F)(F)F)o2)cn1. The Hall–Kier alpha value is -1.90. The van der Waals surface area contributed by atoms with Crippen LogP contribution in [0, 0.1) is 0 Å². The first-order valence-corrected chi connectivity index (χ1v) is 7.51. The van der Waals surface area contributed by atoms with Crippen molar-refractivity contribution in [2.24, 2.45) is 7.05 Å². The van der Waals surface area contributed by atoms with Gasteiger partial charge in [-0.05, 0) is 19.4 Å². The molecule has 0 aromatic carbocycles. The van der Waals surface area contributed by atoms with E-state index in [-0.39, 0.29) is 17.8 Å². The van der Waals surface area contributed by atoms with Crippen molar-refractivity contribution in [2.75, 3.05) is 6.54 Å². The number of halogens is 3. The van der Waals surface area contributed by atoms with Crippen LogP contribution in [0.4, 0.5) is 13.2 Å². The Bertz CT molecular complexity index is 651. The van der Waals surface area contributed by atoms with Gasteiger partial charge >= 0.3 is 6.18 Å². The summed E-state index contributed by atoms with van der Waals surface area (Å²) < 4.78 is 44.2. The fourth-order valence-electron chi connectivity index (χ4n) is 2.89. The topological polar surface area (TPSA) is 60.0 Å². The third kappa shape index (κ3) is 4.10. The summed E-state index contributed by atoms with van der Waals surface area (Å²) in [7, 11) is 1.85. The summed E-state index contributed by atoms with van der Waals surface area (Å²) >= 11 is 0. The van der Waals surface area contributed by atoms with Gasteiger partial charge < -0.3 is 4.42 Å². The molecule has 3 rings (SSSR count). The molecule has 2 aromatic heterocycles. The molecule has 1 fully saturated rings. The highest BCUT2D eigenvalue weighted by molar-refractivity contribution is 5.05. The van der Waals surface area contributed by atoms with E-state index in [4.69, 9.17) is 4.42 Å². The summed E-state index contributed by atoms with van der Waals surface area (Å²) in [6, 6.07) is -0.140. The van der Waals surface area contributed by atoms with E-state index in [9.17, 15) is 13.2 Å². The minimum Gasteiger partial charge on any atom is -0.423 e. The van der Waals surface area contributed by atoms with Gasteiger partial charge in [0.1, 0.15) is 6.42 Å². The second kappa shape index (κ2) is 6.31. The highest BCUT2D eigenvalue weighted by Gasteiger charge is 2.33. The first kappa shape index (κ1) is 16.0. The van der Waals surface area contributed by atoms with Gasteiger partial charge in [-0.3, -0.25) is 9.58 Å². The lowest BCUT2D eigenvalue weighted by Gasteiger charge is -2.33. The number of likely N-dealkylation sites (tertiary alicyclic amines) is 1. The summed E-state index contributed by atoms with van der Waals surface area (Å²) in [5, 5.41) is 11.5. The molecule has 3 heterocycles. The third-order valence-electron chi connectivity index (χ3n) is 3.88. The number of hydrogen-bond donors (Lipinski definition) is 0. The van der Waals surface area contributed by atoms with Crippen LogP contribution in [0.25, 0.3) is 0 Å². The molecule has 23 heavy (non-hydrogen) atoms. The van der Waals surface area contributed by atoms with E-state index in [0.29, 0.717) is 6.54 Å². The van der Waals surface area contributed by atoms with Crippen LogP contribution in [-0.4, -0.2) is 37.6 Å². The molecule has 0 bridgehead atoms. The van der Waals surface area contributed by atoms with Crippen LogP contribution in [0.1, 0.15) is 42.6 Å². The Balaban J connectivity index is 1.73. The van der Waals surface area contributed by atoms with Crippen molar-refractivity contribution in [2.45, 2.75) is 44.4 Å². The van der Waals surface area contributed by atoms with Gasteiger partial charge in [0.15, 0.2) is 0 Å². The lowest BCUT2D eigenvalue weighted by molar-refractivity contribution is -0.131. The van der Waals surface area contributed by atoms with E-state index in [1.165, 1.54) is 0 Å². The maximum atomic E-state index is 12.4. The maximum Gasteiger partial charge on any atom is 0.397 e. The second-order valence-corrected chi connectivity index (χ2v) is 5.83. The quantitative estimate of drug-likeness (QED) is 0.863. The van der Waals surface area contributed by atoms with Gasteiger partial charge in [-0.1, -0.05) is 6.42 Å². The number of aryl methyl sites for hydroxylation is 1. The zero-order valence-electron chi connectivity index (χ0n) is 12.8. The van der Waals surface area contributed by atoms with Crippen LogP contribution in [0.2, 0.25) is 0 Å². The summed E-state index contributed by atoms with van der Waals surface area (Å²) in [4.78, 5) is 2.16. The van der Waals surface area contributed by atoms with Gasteiger partial charge in [-0.2, -0.15) is 18.3 Å². The minimum absolute atomic E-state index is 0.140. The predicted octanol–water partition coefficient (Wildman–Crippen LogP) is 2.64. The fourth-order valence-corrected chi connectivity index (χ4v) is 2.89. The molecular weight excluding hydrogens is 311 g/mol. The van der Waals surface area contributed by atoms with Gasteiger partial charge in [-0.15, -0.1) is 10.2 Å². The first-order chi connectivity index (χ1) is 10.9. The van der Waals surface area contributed by atoms with Crippen molar-refractivity contribution in [1.82, 2.24) is 24.9 Å². The monoisotopic (exact) mass is 329 g/mol. The van der Waals surface area contributed by atoms with Crippen molar-refractivity contribution in [3.8, 4) is 0 Å². The van der Waals surface area contributed by atoms with Crippen molar-refractivity contribution in [3.05, 3.63) is 29.7 Å². The van der Waals surface area contributed by atoms with Crippen LogP contribution in [0.5, 0.6) is 0 Å². The van der Waals surface area contributed by atoms with Crippen LogP contribution in [-0.2, 0) is 20.0 Å². The van der Waals surface area contributed by atoms with Crippen molar-refractivity contribution in [1.29, 1.82) is 0 Å². The average Bonchev–Trinajstić information content (AvgIpc) is 3.07.